The lowest BCUT2D eigenvalue weighted by Crippen LogP contribution is -2.03. The highest BCUT2D eigenvalue weighted by Gasteiger charge is 2.12. The largest absolute Gasteiger partial charge is 0.331 e. The van der Waals surface area contributed by atoms with E-state index in [1.807, 2.05) is 33.0 Å². The number of nitrogens with zero attached hydrogens (tertiary/aromatic N) is 5. The number of pyridine rings is 3. The van der Waals surface area contributed by atoms with Crippen LogP contribution in [0.4, 0.5) is 0 Å². The second-order valence-electron chi connectivity index (χ2n) is 7.54. The van der Waals surface area contributed by atoms with Gasteiger partial charge >= 0.3 is 0 Å². The maximum Gasteiger partial charge on any atom is 0.110 e. The maximum absolute atomic E-state index is 4.95. The fourth-order valence-electron chi connectivity index (χ4n) is 4.09. The number of fused-ring (bicyclic) bond motifs is 4. The van der Waals surface area contributed by atoms with Crippen molar-refractivity contribution in [1.82, 2.24) is 24.5 Å². The van der Waals surface area contributed by atoms with Crippen LogP contribution in [-0.2, 0) is 26.3 Å². The molecule has 5 aromatic rings. The van der Waals surface area contributed by atoms with Crippen LogP contribution < -0.4 is 0 Å². The van der Waals surface area contributed by atoms with Crippen LogP contribution in [0.3, 0.4) is 0 Å². The van der Waals surface area contributed by atoms with Crippen molar-refractivity contribution in [1.29, 1.82) is 0 Å². The first-order valence-electron chi connectivity index (χ1n) is 11.1. The summed E-state index contributed by atoms with van der Waals surface area (Å²) < 4.78 is 2.19. The van der Waals surface area contributed by atoms with E-state index in [2.05, 4.69) is 64.9 Å². The SMILES string of the molecule is CC.CCc1cc(C)nc2ccc(CCc3nc4c5cccnc5ccc4n3C)nc12. The summed E-state index contributed by atoms with van der Waals surface area (Å²) in [4.78, 5) is 19.0. The number of aromatic nitrogens is 5. The second kappa shape index (κ2) is 8.80. The highest BCUT2D eigenvalue weighted by Crippen LogP contribution is 2.25. The summed E-state index contributed by atoms with van der Waals surface area (Å²) in [6.07, 6.45) is 4.47. The number of aryl methyl sites for hydroxylation is 5. The zero-order chi connectivity index (χ0) is 22.0. The summed E-state index contributed by atoms with van der Waals surface area (Å²) in [5.74, 6) is 1.07. The Morgan fingerprint density at radius 1 is 0.871 bits per heavy atom. The Balaban J connectivity index is 0.00000112. The van der Waals surface area contributed by atoms with Crippen molar-refractivity contribution in [2.24, 2.45) is 7.05 Å². The van der Waals surface area contributed by atoms with Gasteiger partial charge in [-0.15, -0.1) is 0 Å². The molecule has 0 saturated heterocycles. The summed E-state index contributed by atoms with van der Waals surface area (Å²) >= 11 is 0. The molecule has 0 spiro atoms. The van der Waals surface area contributed by atoms with Gasteiger partial charge < -0.3 is 4.57 Å². The minimum atomic E-state index is 0.839. The number of imidazole rings is 1. The van der Waals surface area contributed by atoms with Crippen molar-refractivity contribution in [3.8, 4) is 0 Å². The van der Waals surface area contributed by atoms with Crippen molar-refractivity contribution < 1.29 is 0 Å². The molecule has 5 rings (SSSR count). The molecule has 4 aromatic heterocycles. The van der Waals surface area contributed by atoms with E-state index in [1.54, 1.807) is 0 Å². The van der Waals surface area contributed by atoms with Crippen molar-refractivity contribution in [2.45, 2.75) is 47.0 Å². The fourth-order valence-corrected chi connectivity index (χ4v) is 4.09. The van der Waals surface area contributed by atoms with Crippen LogP contribution in [0, 0.1) is 6.92 Å². The van der Waals surface area contributed by atoms with Crippen LogP contribution in [0.1, 0.15) is 43.5 Å². The lowest BCUT2D eigenvalue weighted by molar-refractivity contribution is 0.777. The van der Waals surface area contributed by atoms with Crippen LogP contribution in [0.5, 0.6) is 0 Å². The van der Waals surface area contributed by atoms with Crippen molar-refractivity contribution in [2.75, 3.05) is 0 Å². The first kappa shape index (κ1) is 20.9. The Kier molecular flexibility index (Phi) is 5.94. The number of hydrogen-bond donors (Lipinski definition) is 0. The monoisotopic (exact) mass is 411 g/mol. The zero-order valence-corrected chi connectivity index (χ0v) is 19.0. The van der Waals surface area contributed by atoms with Gasteiger partial charge in [-0.05, 0) is 67.8 Å². The number of rotatable bonds is 4. The molecule has 0 bridgehead atoms. The van der Waals surface area contributed by atoms with Crippen LogP contribution in [0.15, 0.2) is 48.7 Å². The predicted octanol–water partition coefficient (Wildman–Crippen LogP) is 5.75. The topological polar surface area (TPSA) is 56.5 Å². The van der Waals surface area contributed by atoms with E-state index < -0.39 is 0 Å². The smallest absolute Gasteiger partial charge is 0.110 e. The summed E-state index contributed by atoms with van der Waals surface area (Å²) in [6, 6.07) is 14.6. The molecule has 0 amide bonds. The molecule has 0 aliphatic carbocycles. The van der Waals surface area contributed by atoms with E-state index in [1.165, 1.54) is 5.56 Å². The number of hydrogen-bond acceptors (Lipinski definition) is 4. The predicted molar refractivity (Wildman–Crippen MR) is 128 cm³/mol. The minimum Gasteiger partial charge on any atom is -0.331 e. The number of benzene rings is 1. The molecule has 5 heteroatoms. The molecule has 0 fully saturated rings. The quantitative estimate of drug-likeness (QED) is 0.378. The van der Waals surface area contributed by atoms with Gasteiger partial charge in [0.2, 0.25) is 0 Å². The molecule has 0 unspecified atom stereocenters. The van der Waals surface area contributed by atoms with Gasteiger partial charge in [-0.25, -0.2) is 4.98 Å². The van der Waals surface area contributed by atoms with Crippen LogP contribution >= 0.6 is 0 Å². The molecule has 0 aliphatic rings. The standard InChI is InChI=1S/C24H23N5.C2H6/c1-4-16-14-15(2)26-20-9-7-17(27-23(16)20)8-12-22-28-24-18-6-5-13-25-19(18)10-11-21(24)29(22)3;1-2/h5-7,9-11,13-14H,4,8,12H2,1-3H3;1-2H3. The first-order chi connectivity index (χ1) is 15.1. The van der Waals surface area contributed by atoms with E-state index in [9.17, 15) is 0 Å². The highest BCUT2D eigenvalue weighted by molar-refractivity contribution is 6.02. The first-order valence-corrected chi connectivity index (χ1v) is 11.1. The van der Waals surface area contributed by atoms with Crippen LogP contribution in [-0.4, -0.2) is 24.5 Å². The van der Waals surface area contributed by atoms with Crippen LogP contribution in [0.25, 0.3) is 33.0 Å². The van der Waals surface area contributed by atoms with Gasteiger partial charge in [0, 0.05) is 36.4 Å². The minimum absolute atomic E-state index is 0.839. The molecule has 158 valence electrons. The Bertz CT molecular complexity index is 1370. The van der Waals surface area contributed by atoms with Gasteiger partial charge in [0.25, 0.3) is 0 Å². The fraction of sp³-hybridized carbons (Fsp3) is 0.308. The average Bonchev–Trinajstić information content (AvgIpc) is 3.14. The molecular weight excluding hydrogens is 382 g/mol. The van der Waals surface area contributed by atoms with E-state index >= 15 is 0 Å². The molecule has 0 saturated carbocycles. The van der Waals surface area contributed by atoms with Gasteiger partial charge in [0.15, 0.2) is 0 Å². The summed E-state index contributed by atoms with van der Waals surface area (Å²) in [5, 5.41) is 1.10. The Hall–Kier alpha value is -3.34. The third-order valence-corrected chi connectivity index (χ3v) is 5.63. The Morgan fingerprint density at radius 3 is 2.48 bits per heavy atom. The van der Waals surface area contributed by atoms with Gasteiger partial charge in [-0.3, -0.25) is 15.0 Å². The maximum atomic E-state index is 4.95. The molecule has 1 aromatic carbocycles. The van der Waals surface area contributed by atoms with Crippen molar-refractivity contribution in [3.63, 3.8) is 0 Å². The second-order valence-corrected chi connectivity index (χ2v) is 7.54. The third kappa shape index (κ3) is 3.88. The average molecular weight is 412 g/mol. The Morgan fingerprint density at radius 2 is 1.68 bits per heavy atom. The van der Waals surface area contributed by atoms with E-state index in [0.29, 0.717) is 0 Å². The highest BCUT2D eigenvalue weighted by atomic mass is 15.1. The van der Waals surface area contributed by atoms with Crippen molar-refractivity contribution >= 4 is 33.0 Å². The molecular formula is C26H29N5. The summed E-state index contributed by atoms with van der Waals surface area (Å²) in [6.45, 7) is 8.21. The molecule has 0 aliphatic heterocycles. The van der Waals surface area contributed by atoms with E-state index in [4.69, 9.17) is 9.97 Å². The van der Waals surface area contributed by atoms with Gasteiger partial charge in [0.05, 0.1) is 27.6 Å². The molecule has 0 radical (unpaired) electrons. The van der Waals surface area contributed by atoms with Crippen molar-refractivity contribution in [3.05, 3.63) is 71.4 Å². The lowest BCUT2D eigenvalue weighted by Gasteiger charge is -2.08. The molecule has 31 heavy (non-hydrogen) atoms. The summed E-state index contributed by atoms with van der Waals surface area (Å²) in [5.41, 5.74) is 8.53. The van der Waals surface area contributed by atoms with E-state index in [-0.39, 0.29) is 0 Å². The molecule has 0 N–H and O–H groups in total. The van der Waals surface area contributed by atoms with Crippen LogP contribution in [0.2, 0.25) is 0 Å². The van der Waals surface area contributed by atoms with E-state index in [0.717, 1.165) is 69.4 Å². The third-order valence-electron chi connectivity index (χ3n) is 5.63. The summed E-state index contributed by atoms with van der Waals surface area (Å²) in [7, 11) is 2.09. The lowest BCUT2D eigenvalue weighted by atomic mass is 10.1. The zero-order valence-electron chi connectivity index (χ0n) is 19.0. The molecule has 0 atom stereocenters. The van der Waals surface area contributed by atoms with Gasteiger partial charge in [0.1, 0.15) is 5.82 Å². The molecule has 5 nitrogen and oxygen atoms in total. The van der Waals surface area contributed by atoms with Gasteiger partial charge in [-0.1, -0.05) is 20.8 Å². The molecule has 4 heterocycles. The Labute approximate surface area is 183 Å². The normalized spacial score (nSPS) is 11.1. The van der Waals surface area contributed by atoms with Gasteiger partial charge in [-0.2, -0.15) is 0 Å².